The van der Waals surface area contributed by atoms with Crippen LogP contribution in [0.1, 0.15) is 0 Å². The number of benzene rings is 1. The van der Waals surface area contributed by atoms with E-state index in [-0.39, 0.29) is 6.07 Å². The second-order valence-corrected chi connectivity index (χ2v) is 6.46. The highest BCUT2D eigenvalue weighted by Gasteiger charge is 2.85. The Hall–Kier alpha value is -2.65. The van der Waals surface area contributed by atoms with Crippen LogP contribution < -0.4 is 5.32 Å². The van der Waals surface area contributed by atoms with Crippen LogP contribution in [0, 0.1) is 5.82 Å². The number of rotatable bonds is 8. The lowest BCUT2D eigenvalue weighted by Crippen LogP contribution is -2.68. The summed E-state index contributed by atoms with van der Waals surface area (Å²) in [6.45, 7) is 0. The Morgan fingerprint density at radius 2 is 1.14 bits per heavy atom. The predicted octanol–water partition coefficient (Wildman–Crippen LogP) is 6.64. The van der Waals surface area contributed by atoms with E-state index in [2.05, 4.69) is 0 Å². The quantitative estimate of drug-likeness (QED) is 0.347. The highest BCUT2D eigenvalue weighted by atomic mass is 19.4. The summed E-state index contributed by atoms with van der Waals surface area (Å²) in [5, 5.41) is 0.641. The summed E-state index contributed by atoms with van der Waals surface area (Å²) in [6, 6.07) is 1.56. The first kappa shape index (κ1) is 32.4. The maximum Gasteiger partial charge on any atom is 0.462 e. The predicted molar refractivity (Wildman–Crippen MR) is 77.9 cm³/mol. The molecule has 2 atom stereocenters. The highest BCUT2D eigenvalue weighted by Crippen LogP contribution is 2.56. The SMILES string of the molecule is O=C(Nc1cccc(F)c1)[C@@](F)(OC(F)(F)[C@@](F)(OC(F)(F)C(F)(F)C(F)(F)F)C(F)(F)F)C(F)(F)F. The topological polar surface area (TPSA) is 47.6 Å². The summed E-state index contributed by atoms with van der Waals surface area (Å²) in [5.74, 6) is -28.0. The van der Waals surface area contributed by atoms with Gasteiger partial charge in [0.1, 0.15) is 5.82 Å². The zero-order valence-corrected chi connectivity index (χ0v) is 16.3. The van der Waals surface area contributed by atoms with Crippen LogP contribution in [0.15, 0.2) is 24.3 Å². The standard InChI is InChI=1S/C15H5F18NO3/c16-5-2-1-3-6(4-5)34-7(35)8(17,11(21,22)23)36-15(32,33)10(20,13(27,28)29)37-14(30,31)9(18,19)12(24,25)26/h1-4H,(H,34,35)/t8-,10+/m1/s1. The van der Waals surface area contributed by atoms with Crippen molar-refractivity contribution in [3.63, 3.8) is 0 Å². The molecule has 1 aromatic carbocycles. The van der Waals surface area contributed by atoms with Gasteiger partial charge in [-0.1, -0.05) is 6.07 Å². The van der Waals surface area contributed by atoms with Crippen molar-refractivity contribution in [2.24, 2.45) is 0 Å². The van der Waals surface area contributed by atoms with E-state index in [4.69, 9.17) is 0 Å². The van der Waals surface area contributed by atoms with Gasteiger partial charge in [-0.2, -0.15) is 74.6 Å². The van der Waals surface area contributed by atoms with Gasteiger partial charge in [0.15, 0.2) is 0 Å². The highest BCUT2D eigenvalue weighted by molar-refractivity contribution is 5.96. The van der Waals surface area contributed by atoms with Crippen LogP contribution in [-0.2, 0) is 14.3 Å². The Labute approximate surface area is 190 Å². The molecule has 0 aromatic heterocycles. The summed E-state index contributed by atoms with van der Waals surface area (Å²) >= 11 is 0. The van der Waals surface area contributed by atoms with Gasteiger partial charge in [0, 0.05) is 5.69 Å². The summed E-state index contributed by atoms with van der Waals surface area (Å²) in [5.41, 5.74) is -1.25. The van der Waals surface area contributed by atoms with Crippen molar-refractivity contribution in [2.45, 2.75) is 48.4 Å². The second kappa shape index (κ2) is 9.27. The van der Waals surface area contributed by atoms with Gasteiger partial charge in [0.25, 0.3) is 5.91 Å². The number of amides is 1. The third kappa shape index (κ3) is 5.93. The first-order valence-corrected chi connectivity index (χ1v) is 8.24. The number of carbonyl (C=O) groups is 1. The van der Waals surface area contributed by atoms with Crippen LogP contribution in [0.25, 0.3) is 0 Å². The molecule has 37 heavy (non-hydrogen) atoms. The summed E-state index contributed by atoms with van der Waals surface area (Å²) in [6.07, 6.45) is -38.8. The van der Waals surface area contributed by atoms with Crippen LogP contribution in [0.2, 0.25) is 0 Å². The molecule has 0 aliphatic carbocycles. The third-order valence-electron chi connectivity index (χ3n) is 3.74. The Morgan fingerprint density at radius 3 is 1.51 bits per heavy atom. The summed E-state index contributed by atoms with van der Waals surface area (Å²) in [4.78, 5) is 11.6. The molecule has 0 fully saturated rings. The number of carbonyl (C=O) groups excluding carboxylic acids is 1. The number of hydrogen-bond donors (Lipinski definition) is 1. The number of nitrogens with one attached hydrogen (secondary N) is 1. The lowest BCUT2D eigenvalue weighted by Gasteiger charge is -2.40. The Morgan fingerprint density at radius 1 is 0.649 bits per heavy atom. The van der Waals surface area contributed by atoms with Gasteiger partial charge in [0.2, 0.25) is 0 Å². The largest absolute Gasteiger partial charge is 0.462 e. The minimum Gasteiger partial charge on any atom is -0.321 e. The molecule has 0 aliphatic heterocycles. The van der Waals surface area contributed by atoms with Crippen molar-refractivity contribution in [1.29, 1.82) is 0 Å². The van der Waals surface area contributed by atoms with Gasteiger partial charge in [-0.3, -0.25) is 14.3 Å². The molecule has 0 radical (unpaired) electrons. The van der Waals surface area contributed by atoms with Crippen molar-refractivity contribution < 1.29 is 93.3 Å². The lowest BCUT2D eigenvalue weighted by atomic mass is 10.2. The summed E-state index contributed by atoms with van der Waals surface area (Å²) < 4.78 is 238. The molecule has 0 unspecified atom stereocenters. The minimum absolute atomic E-state index is 0.0465. The molecule has 0 saturated carbocycles. The van der Waals surface area contributed by atoms with Crippen LogP contribution in [-0.4, -0.2) is 54.3 Å². The molecule has 0 saturated heterocycles. The van der Waals surface area contributed by atoms with Crippen molar-refractivity contribution in [2.75, 3.05) is 5.32 Å². The molecule has 1 N–H and O–H groups in total. The van der Waals surface area contributed by atoms with Gasteiger partial charge in [-0.25, -0.2) is 4.39 Å². The van der Waals surface area contributed by atoms with Crippen LogP contribution in [0.4, 0.5) is 84.7 Å². The fourth-order valence-electron chi connectivity index (χ4n) is 1.94. The number of ether oxygens (including phenoxy) is 2. The fraction of sp³-hybridized carbons (Fsp3) is 0.533. The number of hydrogen-bond acceptors (Lipinski definition) is 3. The Bertz CT molecular complexity index is 986. The average molecular weight is 589 g/mol. The van der Waals surface area contributed by atoms with E-state index in [0.29, 0.717) is 23.5 Å². The zero-order valence-electron chi connectivity index (χ0n) is 16.3. The molecule has 0 spiro atoms. The van der Waals surface area contributed by atoms with Gasteiger partial charge in [0.05, 0.1) is 0 Å². The fourth-order valence-corrected chi connectivity index (χ4v) is 1.94. The molecule has 22 heteroatoms. The molecule has 0 bridgehead atoms. The number of halogens is 18. The van der Waals surface area contributed by atoms with Crippen molar-refractivity contribution in [1.82, 2.24) is 0 Å². The van der Waals surface area contributed by atoms with Crippen molar-refractivity contribution >= 4 is 11.6 Å². The van der Waals surface area contributed by atoms with E-state index in [1.807, 2.05) is 4.74 Å². The number of anilines is 1. The normalized spacial score (nSPS) is 17.7. The van der Waals surface area contributed by atoms with E-state index in [0.717, 1.165) is 0 Å². The van der Waals surface area contributed by atoms with Gasteiger partial charge < -0.3 is 5.32 Å². The molecule has 4 nitrogen and oxygen atoms in total. The Kier molecular flexibility index (Phi) is 8.11. The van der Waals surface area contributed by atoms with E-state index in [1.165, 1.54) is 4.74 Å². The summed E-state index contributed by atoms with van der Waals surface area (Å²) in [7, 11) is 0. The van der Waals surface area contributed by atoms with E-state index >= 15 is 0 Å². The molecule has 0 aliphatic rings. The van der Waals surface area contributed by atoms with Crippen LogP contribution >= 0.6 is 0 Å². The second-order valence-electron chi connectivity index (χ2n) is 6.46. The number of alkyl halides is 17. The molecule has 1 amide bonds. The molecule has 1 rings (SSSR count). The van der Waals surface area contributed by atoms with Crippen LogP contribution in [0.5, 0.6) is 0 Å². The smallest absolute Gasteiger partial charge is 0.321 e. The van der Waals surface area contributed by atoms with Crippen LogP contribution in [0.3, 0.4) is 0 Å². The monoisotopic (exact) mass is 589 g/mol. The van der Waals surface area contributed by atoms with Crippen molar-refractivity contribution in [3.05, 3.63) is 30.1 Å². The third-order valence-corrected chi connectivity index (χ3v) is 3.74. The van der Waals surface area contributed by atoms with E-state index in [9.17, 15) is 83.8 Å². The first-order chi connectivity index (χ1) is 16.1. The van der Waals surface area contributed by atoms with Gasteiger partial charge in [-0.15, -0.1) is 0 Å². The van der Waals surface area contributed by atoms with E-state index in [1.54, 1.807) is 0 Å². The molecule has 214 valence electrons. The van der Waals surface area contributed by atoms with Gasteiger partial charge >= 0.3 is 48.4 Å². The zero-order chi connectivity index (χ0) is 29.7. The minimum atomic E-state index is -8.11. The van der Waals surface area contributed by atoms with Crippen molar-refractivity contribution in [3.8, 4) is 0 Å². The molecular weight excluding hydrogens is 584 g/mol. The molecule has 0 heterocycles. The molecular formula is C15H5F18NO3. The maximum absolute atomic E-state index is 14.3. The van der Waals surface area contributed by atoms with E-state index < -0.39 is 65.8 Å². The first-order valence-electron chi connectivity index (χ1n) is 8.24. The lowest BCUT2D eigenvalue weighted by molar-refractivity contribution is -0.548. The Balaban J connectivity index is 3.63. The van der Waals surface area contributed by atoms with Gasteiger partial charge in [-0.05, 0) is 18.2 Å². The average Bonchev–Trinajstić information content (AvgIpc) is 2.64. The molecule has 1 aromatic rings. The maximum atomic E-state index is 14.3.